The molecule has 1 aromatic rings. The molecule has 0 unspecified atom stereocenters. The largest absolute Gasteiger partial charge is 0.365 e. The van der Waals surface area contributed by atoms with Gasteiger partial charge in [-0.25, -0.2) is 0 Å². The highest BCUT2D eigenvalue weighted by atomic mass is 35.5. The minimum atomic E-state index is 0.523. The number of anilines is 1. The highest BCUT2D eigenvalue weighted by Crippen LogP contribution is 2.26. The Bertz CT molecular complexity index is 355. The Labute approximate surface area is 98.8 Å². The molecule has 14 heavy (non-hydrogen) atoms. The lowest BCUT2D eigenvalue weighted by molar-refractivity contribution is 1.12. The van der Waals surface area contributed by atoms with Gasteiger partial charge in [0.2, 0.25) is 0 Å². The lowest BCUT2D eigenvalue weighted by Crippen LogP contribution is -2.34. The smallest absolute Gasteiger partial charge is 0.172 e. The minimum Gasteiger partial charge on any atom is -0.365 e. The van der Waals surface area contributed by atoms with Gasteiger partial charge >= 0.3 is 0 Å². The summed E-state index contributed by atoms with van der Waals surface area (Å²) in [5.74, 6) is 0. The van der Waals surface area contributed by atoms with Crippen LogP contribution >= 0.6 is 35.4 Å². The number of thiocarbonyl (C=S) groups is 1. The summed E-state index contributed by atoms with van der Waals surface area (Å²) < 4.78 is 0. The predicted molar refractivity (Wildman–Crippen MR) is 66.5 cm³/mol. The van der Waals surface area contributed by atoms with E-state index in [4.69, 9.17) is 35.4 Å². The Morgan fingerprint density at radius 3 is 2.50 bits per heavy atom. The molecule has 0 radical (unpaired) electrons. The maximum absolute atomic E-state index is 5.88. The van der Waals surface area contributed by atoms with Crippen LogP contribution in [0.4, 0.5) is 5.69 Å². The zero-order valence-corrected chi connectivity index (χ0v) is 10.2. The van der Waals surface area contributed by atoms with E-state index in [-0.39, 0.29) is 0 Å². The van der Waals surface area contributed by atoms with Crippen LogP contribution in [0, 0.1) is 0 Å². The molecular formula is C9H10Cl2N2S. The van der Waals surface area contributed by atoms with Gasteiger partial charge in [-0.2, -0.15) is 0 Å². The van der Waals surface area contributed by atoms with Crippen LogP contribution in [0.2, 0.25) is 10.0 Å². The maximum atomic E-state index is 5.88. The van der Waals surface area contributed by atoms with E-state index in [1.165, 1.54) is 0 Å². The standard InChI is InChI=1S/C9H10Cl2N2S/c1-12-9(14)13(2)6-3-4-7(10)8(11)5-6/h3-5H,1-2H3,(H,12,14). The van der Waals surface area contributed by atoms with Gasteiger partial charge < -0.3 is 10.2 Å². The van der Waals surface area contributed by atoms with Gasteiger partial charge in [0.05, 0.1) is 10.0 Å². The second-order valence-corrected chi connectivity index (χ2v) is 3.91. The Kier molecular flexibility index (Phi) is 3.98. The van der Waals surface area contributed by atoms with Gasteiger partial charge in [-0.15, -0.1) is 0 Å². The molecule has 0 saturated carbocycles. The number of nitrogens with zero attached hydrogens (tertiary/aromatic N) is 1. The predicted octanol–water partition coefficient (Wildman–Crippen LogP) is 2.93. The summed E-state index contributed by atoms with van der Waals surface area (Å²) in [5.41, 5.74) is 0.902. The average Bonchev–Trinajstić information content (AvgIpc) is 2.20. The van der Waals surface area contributed by atoms with E-state index in [0.29, 0.717) is 15.2 Å². The maximum Gasteiger partial charge on any atom is 0.172 e. The van der Waals surface area contributed by atoms with Crippen molar-refractivity contribution in [3.05, 3.63) is 28.2 Å². The molecule has 0 atom stereocenters. The van der Waals surface area contributed by atoms with E-state index in [0.717, 1.165) is 5.69 Å². The molecule has 5 heteroatoms. The number of rotatable bonds is 1. The van der Waals surface area contributed by atoms with Crippen LogP contribution < -0.4 is 10.2 Å². The fraction of sp³-hybridized carbons (Fsp3) is 0.222. The van der Waals surface area contributed by atoms with Gasteiger partial charge in [0.1, 0.15) is 0 Å². The highest BCUT2D eigenvalue weighted by molar-refractivity contribution is 7.80. The average molecular weight is 249 g/mol. The van der Waals surface area contributed by atoms with Crippen LogP contribution in [0.25, 0.3) is 0 Å². The van der Waals surface area contributed by atoms with Crippen molar-refractivity contribution in [1.29, 1.82) is 0 Å². The molecule has 2 nitrogen and oxygen atoms in total. The molecule has 0 bridgehead atoms. The molecule has 76 valence electrons. The number of benzene rings is 1. The molecule has 0 aliphatic heterocycles. The number of hydrogen-bond acceptors (Lipinski definition) is 1. The first-order chi connectivity index (χ1) is 6.56. The Hall–Kier alpha value is -0.510. The van der Waals surface area contributed by atoms with Crippen molar-refractivity contribution in [1.82, 2.24) is 5.32 Å². The van der Waals surface area contributed by atoms with E-state index in [9.17, 15) is 0 Å². The number of hydrogen-bond donors (Lipinski definition) is 1. The molecule has 0 fully saturated rings. The van der Waals surface area contributed by atoms with Crippen molar-refractivity contribution < 1.29 is 0 Å². The molecule has 1 rings (SSSR count). The van der Waals surface area contributed by atoms with Crippen molar-refractivity contribution in [3.8, 4) is 0 Å². The SMILES string of the molecule is CNC(=S)N(C)c1ccc(Cl)c(Cl)c1. The Balaban J connectivity index is 2.96. The van der Waals surface area contributed by atoms with Crippen LogP contribution in [0.3, 0.4) is 0 Å². The van der Waals surface area contributed by atoms with Crippen LogP contribution in [-0.4, -0.2) is 19.2 Å². The van der Waals surface area contributed by atoms with Gasteiger partial charge in [-0.1, -0.05) is 23.2 Å². The molecule has 1 aromatic carbocycles. The molecular weight excluding hydrogens is 239 g/mol. The highest BCUT2D eigenvalue weighted by Gasteiger charge is 2.06. The third-order valence-electron chi connectivity index (χ3n) is 1.81. The summed E-state index contributed by atoms with van der Waals surface area (Å²) in [6, 6.07) is 5.37. The lowest BCUT2D eigenvalue weighted by atomic mass is 10.3. The Morgan fingerprint density at radius 2 is 2.00 bits per heavy atom. The van der Waals surface area contributed by atoms with Gasteiger partial charge in [-0.3, -0.25) is 0 Å². The minimum absolute atomic E-state index is 0.523. The summed E-state index contributed by atoms with van der Waals surface area (Å²) >= 11 is 16.8. The van der Waals surface area contributed by atoms with Crippen LogP contribution in [0.15, 0.2) is 18.2 Å². The summed E-state index contributed by atoms with van der Waals surface area (Å²) in [7, 11) is 3.63. The van der Waals surface area contributed by atoms with Crippen molar-refractivity contribution >= 4 is 46.2 Å². The zero-order chi connectivity index (χ0) is 10.7. The molecule has 0 spiro atoms. The number of halogens is 2. The van der Waals surface area contributed by atoms with Crippen LogP contribution in [0.1, 0.15) is 0 Å². The van der Waals surface area contributed by atoms with Gasteiger partial charge in [0.15, 0.2) is 5.11 Å². The normalized spacial score (nSPS) is 9.71. The van der Waals surface area contributed by atoms with E-state index in [2.05, 4.69) is 5.32 Å². The summed E-state index contributed by atoms with van der Waals surface area (Å²) in [5, 5.41) is 4.57. The van der Waals surface area contributed by atoms with Crippen molar-refractivity contribution in [2.45, 2.75) is 0 Å². The molecule has 0 aromatic heterocycles. The van der Waals surface area contributed by atoms with Gasteiger partial charge in [-0.05, 0) is 30.4 Å². The summed E-state index contributed by atoms with van der Waals surface area (Å²) in [4.78, 5) is 1.82. The van der Waals surface area contributed by atoms with Crippen molar-refractivity contribution in [3.63, 3.8) is 0 Å². The molecule has 0 aliphatic rings. The topological polar surface area (TPSA) is 15.3 Å². The monoisotopic (exact) mass is 248 g/mol. The Morgan fingerprint density at radius 1 is 1.36 bits per heavy atom. The quantitative estimate of drug-likeness (QED) is 0.770. The second-order valence-electron chi connectivity index (χ2n) is 2.71. The third kappa shape index (κ3) is 2.50. The molecule has 0 amide bonds. The van der Waals surface area contributed by atoms with Crippen molar-refractivity contribution in [2.75, 3.05) is 19.0 Å². The molecule has 0 saturated heterocycles. The number of nitrogens with one attached hydrogen (secondary N) is 1. The first kappa shape index (κ1) is 11.6. The van der Waals surface area contributed by atoms with Gasteiger partial charge in [0, 0.05) is 19.8 Å². The molecule has 0 heterocycles. The zero-order valence-electron chi connectivity index (χ0n) is 7.84. The lowest BCUT2D eigenvalue weighted by Gasteiger charge is -2.19. The van der Waals surface area contributed by atoms with E-state index in [1.54, 1.807) is 19.2 Å². The van der Waals surface area contributed by atoms with E-state index >= 15 is 0 Å². The third-order valence-corrected chi connectivity index (χ3v) is 3.03. The fourth-order valence-corrected chi connectivity index (χ4v) is 1.38. The van der Waals surface area contributed by atoms with E-state index in [1.807, 2.05) is 18.0 Å². The van der Waals surface area contributed by atoms with Gasteiger partial charge in [0.25, 0.3) is 0 Å². The fourth-order valence-electron chi connectivity index (χ4n) is 0.979. The van der Waals surface area contributed by atoms with E-state index < -0.39 is 0 Å². The first-order valence-corrected chi connectivity index (χ1v) is 5.13. The molecule has 1 N–H and O–H groups in total. The second kappa shape index (κ2) is 4.82. The first-order valence-electron chi connectivity index (χ1n) is 3.96. The van der Waals surface area contributed by atoms with Crippen LogP contribution in [0.5, 0.6) is 0 Å². The summed E-state index contributed by atoms with van der Waals surface area (Å²) in [6.45, 7) is 0. The molecule has 0 aliphatic carbocycles. The van der Waals surface area contributed by atoms with Crippen molar-refractivity contribution in [2.24, 2.45) is 0 Å². The van der Waals surface area contributed by atoms with Crippen LogP contribution in [-0.2, 0) is 0 Å². The summed E-state index contributed by atoms with van der Waals surface area (Å²) in [6.07, 6.45) is 0.